The van der Waals surface area contributed by atoms with Crippen molar-refractivity contribution in [3.05, 3.63) is 66.2 Å². The summed E-state index contributed by atoms with van der Waals surface area (Å²) in [7, 11) is 0. The van der Waals surface area contributed by atoms with Crippen molar-refractivity contribution in [1.82, 2.24) is 35.4 Å². The molecule has 9 heteroatoms. The molecule has 2 unspecified atom stereocenters. The number of tetrazole rings is 1. The first-order valence-corrected chi connectivity index (χ1v) is 11.6. The van der Waals surface area contributed by atoms with Crippen molar-refractivity contribution in [1.29, 1.82) is 0 Å². The summed E-state index contributed by atoms with van der Waals surface area (Å²) in [5.41, 5.74) is 4.13. The second-order valence-electron chi connectivity index (χ2n) is 8.58. The zero-order valence-electron chi connectivity index (χ0n) is 19.4. The molecule has 0 radical (unpaired) electrons. The average Bonchev–Trinajstić information content (AvgIpc) is 3.55. The van der Waals surface area contributed by atoms with E-state index in [1.54, 1.807) is 13.3 Å². The van der Waals surface area contributed by atoms with E-state index in [2.05, 4.69) is 61.9 Å². The van der Waals surface area contributed by atoms with Gasteiger partial charge < -0.3 is 5.11 Å². The number of rotatable bonds is 11. The van der Waals surface area contributed by atoms with Gasteiger partial charge in [0.05, 0.1) is 12.5 Å². The fourth-order valence-electron chi connectivity index (χ4n) is 4.22. The number of carboxylic acid groups (broad SMARTS) is 1. The molecule has 9 nitrogen and oxygen atoms in total. The molecule has 2 aromatic carbocycles. The van der Waals surface area contributed by atoms with Gasteiger partial charge in [-0.3, -0.25) is 4.79 Å². The first-order chi connectivity index (χ1) is 16.6. The lowest BCUT2D eigenvalue weighted by molar-refractivity contribution is -0.141. The van der Waals surface area contributed by atoms with Crippen LogP contribution in [0.5, 0.6) is 0 Å². The minimum absolute atomic E-state index is 0.0650. The van der Waals surface area contributed by atoms with E-state index in [9.17, 15) is 9.90 Å². The third-order valence-corrected chi connectivity index (χ3v) is 6.10. The van der Waals surface area contributed by atoms with Crippen LogP contribution in [0.4, 0.5) is 0 Å². The summed E-state index contributed by atoms with van der Waals surface area (Å²) in [4.78, 5) is 16.0. The van der Waals surface area contributed by atoms with Gasteiger partial charge in [-0.15, -0.1) is 5.10 Å². The Kier molecular flexibility index (Phi) is 7.41. The molecule has 0 saturated carbocycles. The predicted molar refractivity (Wildman–Crippen MR) is 128 cm³/mol. The Labute approximate surface area is 198 Å². The van der Waals surface area contributed by atoms with Crippen molar-refractivity contribution in [3.63, 3.8) is 0 Å². The van der Waals surface area contributed by atoms with Crippen LogP contribution >= 0.6 is 0 Å². The van der Waals surface area contributed by atoms with Crippen LogP contribution in [0.15, 0.2) is 54.9 Å². The molecular weight excluding hydrogens is 430 g/mol. The van der Waals surface area contributed by atoms with E-state index >= 15 is 0 Å². The van der Waals surface area contributed by atoms with Crippen molar-refractivity contribution >= 4 is 5.97 Å². The molecule has 2 atom stereocenters. The zero-order valence-corrected chi connectivity index (χ0v) is 19.4. The third-order valence-electron chi connectivity index (χ3n) is 6.10. The van der Waals surface area contributed by atoms with Crippen molar-refractivity contribution < 1.29 is 9.90 Å². The number of aromatic nitrogens is 7. The molecule has 0 aliphatic carbocycles. The lowest BCUT2D eigenvalue weighted by Crippen LogP contribution is -2.18. The highest BCUT2D eigenvalue weighted by Gasteiger charge is 2.23. The number of unbranched alkanes of at least 4 members (excludes halogenated alkanes) is 1. The molecule has 0 aliphatic heterocycles. The topological polar surface area (TPSA) is 122 Å². The summed E-state index contributed by atoms with van der Waals surface area (Å²) in [5, 5.41) is 28.1. The van der Waals surface area contributed by atoms with E-state index in [0.717, 1.165) is 47.3 Å². The summed E-state index contributed by atoms with van der Waals surface area (Å²) in [5.74, 6) is 0.347. The fourth-order valence-corrected chi connectivity index (χ4v) is 4.22. The number of carboxylic acids is 1. The van der Waals surface area contributed by atoms with Crippen molar-refractivity contribution in [2.45, 2.75) is 52.0 Å². The molecule has 0 saturated heterocycles. The van der Waals surface area contributed by atoms with Crippen LogP contribution < -0.4 is 0 Å². The van der Waals surface area contributed by atoms with Crippen LogP contribution in [0.2, 0.25) is 0 Å². The minimum atomic E-state index is -0.774. The van der Waals surface area contributed by atoms with Crippen molar-refractivity contribution in [3.8, 4) is 22.5 Å². The van der Waals surface area contributed by atoms with Gasteiger partial charge in [0.1, 0.15) is 12.2 Å². The van der Waals surface area contributed by atoms with E-state index < -0.39 is 11.9 Å². The largest absolute Gasteiger partial charge is 0.481 e. The second kappa shape index (κ2) is 10.8. The van der Waals surface area contributed by atoms with Crippen molar-refractivity contribution in [2.24, 2.45) is 5.92 Å². The molecule has 0 amide bonds. The van der Waals surface area contributed by atoms with Gasteiger partial charge in [-0.25, -0.2) is 14.8 Å². The molecule has 0 spiro atoms. The molecule has 4 aromatic rings. The highest BCUT2D eigenvalue weighted by Crippen LogP contribution is 2.31. The van der Waals surface area contributed by atoms with Gasteiger partial charge in [0, 0.05) is 11.5 Å². The maximum Gasteiger partial charge on any atom is 0.306 e. The van der Waals surface area contributed by atoms with Crippen LogP contribution in [-0.2, 0) is 11.3 Å². The van der Waals surface area contributed by atoms with Gasteiger partial charge in [-0.1, -0.05) is 75.2 Å². The SMILES string of the molecule is CCCCC(CC(C)C(=O)O)c1ncnn1Cc1ccc(-c2ccccc2-c2nnn[nH]2)cc1. The Balaban J connectivity index is 1.54. The summed E-state index contributed by atoms with van der Waals surface area (Å²) in [6.07, 6.45) is 5.10. The lowest BCUT2D eigenvalue weighted by atomic mass is 9.90. The first-order valence-electron chi connectivity index (χ1n) is 11.6. The Morgan fingerprint density at radius 2 is 1.88 bits per heavy atom. The number of hydrogen-bond donors (Lipinski definition) is 2. The quantitative estimate of drug-likeness (QED) is 0.337. The summed E-state index contributed by atoms with van der Waals surface area (Å²) in [6.45, 7) is 4.47. The Hall–Kier alpha value is -3.88. The van der Waals surface area contributed by atoms with Gasteiger partial charge in [-0.2, -0.15) is 5.10 Å². The predicted octanol–water partition coefficient (Wildman–Crippen LogP) is 4.56. The molecule has 2 heterocycles. The summed E-state index contributed by atoms with van der Waals surface area (Å²) >= 11 is 0. The number of nitrogens with zero attached hydrogens (tertiary/aromatic N) is 6. The standard InChI is InChI=1S/C25H29N7O2/c1-3-4-7-20(14-17(2)25(33)34)24-26-16-27-32(24)15-18-10-12-19(13-11-18)21-8-5-6-9-22(21)23-28-30-31-29-23/h5-6,8-13,16-17,20H,3-4,7,14-15H2,1-2H3,(H,33,34)(H,28,29,30,31). The van der Waals surface area contributed by atoms with Crippen LogP contribution in [0, 0.1) is 5.92 Å². The molecular formula is C25H29N7O2. The zero-order chi connectivity index (χ0) is 23.9. The Bertz CT molecular complexity index is 1200. The van der Waals surface area contributed by atoms with Gasteiger partial charge in [-0.05, 0) is 40.0 Å². The second-order valence-corrected chi connectivity index (χ2v) is 8.58. The van der Waals surface area contributed by atoms with Crippen LogP contribution in [0.25, 0.3) is 22.5 Å². The molecule has 0 fully saturated rings. The smallest absolute Gasteiger partial charge is 0.306 e. The van der Waals surface area contributed by atoms with Crippen molar-refractivity contribution in [2.75, 3.05) is 0 Å². The Morgan fingerprint density at radius 1 is 1.12 bits per heavy atom. The molecule has 176 valence electrons. The van der Waals surface area contributed by atoms with Crippen LogP contribution in [0.3, 0.4) is 0 Å². The minimum Gasteiger partial charge on any atom is -0.481 e. The summed E-state index contributed by atoms with van der Waals surface area (Å²) in [6, 6.07) is 16.3. The van der Waals surface area contributed by atoms with Gasteiger partial charge in [0.25, 0.3) is 0 Å². The Morgan fingerprint density at radius 3 is 2.56 bits per heavy atom. The van der Waals surface area contributed by atoms with E-state index in [-0.39, 0.29) is 5.92 Å². The van der Waals surface area contributed by atoms with Gasteiger partial charge in [0.15, 0.2) is 5.82 Å². The number of nitrogens with one attached hydrogen (secondary N) is 1. The normalized spacial score (nSPS) is 13.0. The highest BCUT2D eigenvalue weighted by atomic mass is 16.4. The van der Waals surface area contributed by atoms with E-state index in [1.807, 2.05) is 28.9 Å². The highest BCUT2D eigenvalue weighted by molar-refractivity contribution is 5.80. The molecule has 4 rings (SSSR count). The van der Waals surface area contributed by atoms with Crippen LogP contribution in [0.1, 0.15) is 56.8 Å². The number of aromatic amines is 1. The molecule has 34 heavy (non-hydrogen) atoms. The number of H-pyrrole nitrogens is 1. The maximum absolute atomic E-state index is 11.4. The molecule has 0 aliphatic rings. The van der Waals surface area contributed by atoms with Crippen LogP contribution in [-0.4, -0.2) is 46.5 Å². The van der Waals surface area contributed by atoms with E-state index in [1.165, 1.54) is 0 Å². The maximum atomic E-state index is 11.4. The van der Waals surface area contributed by atoms with Gasteiger partial charge >= 0.3 is 5.97 Å². The molecule has 0 bridgehead atoms. The average molecular weight is 460 g/mol. The number of aliphatic carboxylic acids is 1. The first kappa shape index (κ1) is 23.3. The molecule has 2 aromatic heterocycles. The fraction of sp³-hybridized carbons (Fsp3) is 0.360. The molecule has 2 N–H and O–H groups in total. The number of carbonyl (C=O) groups is 1. The number of benzene rings is 2. The number of hydrogen-bond acceptors (Lipinski definition) is 6. The third kappa shape index (κ3) is 5.36. The lowest BCUT2D eigenvalue weighted by Gasteiger charge is -2.19. The van der Waals surface area contributed by atoms with Gasteiger partial charge in [0.2, 0.25) is 0 Å². The van der Waals surface area contributed by atoms with E-state index in [0.29, 0.717) is 18.8 Å². The monoisotopic (exact) mass is 459 g/mol. The summed E-state index contributed by atoms with van der Waals surface area (Å²) < 4.78 is 1.90. The van der Waals surface area contributed by atoms with E-state index in [4.69, 9.17) is 0 Å².